The van der Waals surface area contributed by atoms with E-state index in [9.17, 15) is 23.1 Å². The lowest BCUT2D eigenvalue weighted by molar-refractivity contribution is -0.137. The number of aliphatic hydroxyl groups is 1. The van der Waals surface area contributed by atoms with Gasteiger partial charge in [-0.15, -0.1) is 0 Å². The fourth-order valence-electron chi connectivity index (χ4n) is 2.67. The fraction of sp³-hybridized carbons (Fsp3) is 0.227. The number of nitrogens with one attached hydrogen (secondary N) is 1. The summed E-state index contributed by atoms with van der Waals surface area (Å²) in [7, 11) is 0. The zero-order chi connectivity index (χ0) is 23.5. The third kappa shape index (κ3) is 5.77. The van der Waals surface area contributed by atoms with Gasteiger partial charge in [0.2, 0.25) is 0 Å². The molecule has 0 aliphatic heterocycles. The quantitative estimate of drug-likeness (QED) is 0.502. The van der Waals surface area contributed by atoms with Crippen LogP contribution in [0, 0.1) is 5.41 Å². The molecule has 0 atom stereocenters. The summed E-state index contributed by atoms with van der Waals surface area (Å²) in [5.74, 6) is 0.382. The van der Waals surface area contributed by atoms with Gasteiger partial charge in [0.25, 0.3) is 5.56 Å². The van der Waals surface area contributed by atoms with E-state index in [1.54, 1.807) is 32.0 Å². The van der Waals surface area contributed by atoms with E-state index in [2.05, 4.69) is 4.98 Å². The average Bonchev–Trinajstić information content (AvgIpc) is 2.73. The van der Waals surface area contributed by atoms with Crippen LogP contribution < -0.4 is 10.3 Å². The fourth-order valence-corrected chi connectivity index (χ4v) is 3.47. The first-order valence-electron chi connectivity index (χ1n) is 9.41. The van der Waals surface area contributed by atoms with Gasteiger partial charge in [0.05, 0.1) is 11.2 Å². The highest BCUT2D eigenvalue weighted by molar-refractivity contribution is 7.99. The number of benzene rings is 2. The first kappa shape index (κ1) is 23.6. The topological polar surface area (TPSA) is 88.2 Å². The van der Waals surface area contributed by atoms with Gasteiger partial charge in [0.1, 0.15) is 12.4 Å². The van der Waals surface area contributed by atoms with Gasteiger partial charge in [0, 0.05) is 34.8 Å². The number of ether oxygens (including phenoxy) is 1. The number of halogens is 3. The second-order valence-electron chi connectivity index (χ2n) is 7.50. The third-order valence-electron chi connectivity index (χ3n) is 4.21. The molecular weight excluding hydrogens is 443 g/mol. The molecule has 0 fully saturated rings. The number of alkyl halides is 3. The molecule has 3 rings (SSSR count). The smallest absolute Gasteiger partial charge is 0.416 e. The Kier molecular flexibility index (Phi) is 6.75. The van der Waals surface area contributed by atoms with Crippen LogP contribution in [-0.2, 0) is 6.18 Å². The molecule has 0 saturated carbocycles. The number of aromatic nitrogens is 2. The van der Waals surface area contributed by atoms with Gasteiger partial charge in [-0.25, -0.2) is 4.98 Å². The molecule has 0 unspecified atom stereocenters. The van der Waals surface area contributed by atoms with Crippen molar-refractivity contribution in [3.63, 3.8) is 0 Å². The number of hydrogen-bond acceptors (Lipinski definition) is 6. The van der Waals surface area contributed by atoms with E-state index in [4.69, 9.17) is 10.1 Å². The SMILES string of the molecule is CC(C)(O)COc1ccc(-n2ccnc(Sc3ccc(C(F)(F)F)cc3)c2=O)cc1C=N. The third-order valence-corrected chi connectivity index (χ3v) is 5.19. The second kappa shape index (κ2) is 9.17. The molecule has 3 aromatic rings. The van der Waals surface area contributed by atoms with Crippen LogP contribution in [0.5, 0.6) is 5.75 Å². The molecule has 0 spiro atoms. The molecule has 0 bridgehead atoms. The van der Waals surface area contributed by atoms with E-state index in [1.165, 1.54) is 29.1 Å². The molecule has 1 aromatic heterocycles. The van der Waals surface area contributed by atoms with Crippen LogP contribution in [0.2, 0.25) is 0 Å². The summed E-state index contributed by atoms with van der Waals surface area (Å²) in [4.78, 5) is 17.4. The van der Waals surface area contributed by atoms with Crippen LogP contribution in [0.25, 0.3) is 5.69 Å². The lowest BCUT2D eigenvalue weighted by Gasteiger charge is -2.19. The van der Waals surface area contributed by atoms with Crippen molar-refractivity contribution in [3.8, 4) is 11.4 Å². The Morgan fingerprint density at radius 1 is 1.19 bits per heavy atom. The molecule has 0 saturated heterocycles. The van der Waals surface area contributed by atoms with Crippen molar-refractivity contribution < 1.29 is 23.0 Å². The number of hydrogen-bond donors (Lipinski definition) is 2. The minimum absolute atomic E-state index is 0.0241. The van der Waals surface area contributed by atoms with Gasteiger partial charge in [-0.3, -0.25) is 9.36 Å². The molecule has 32 heavy (non-hydrogen) atoms. The average molecular weight is 463 g/mol. The molecule has 0 aliphatic carbocycles. The highest BCUT2D eigenvalue weighted by Crippen LogP contribution is 2.32. The van der Waals surface area contributed by atoms with Crippen LogP contribution in [0.3, 0.4) is 0 Å². The zero-order valence-corrected chi connectivity index (χ0v) is 18.0. The van der Waals surface area contributed by atoms with E-state index >= 15 is 0 Å². The van der Waals surface area contributed by atoms with Crippen LogP contribution in [0.15, 0.2) is 69.6 Å². The van der Waals surface area contributed by atoms with Gasteiger partial charge >= 0.3 is 6.18 Å². The largest absolute Gasteiger partial charge is 0.490 e. The van der Waals surface area contributed by atoms with Gasteiger partial charge in [0.15, 0.2) is 5.03 Å². The van der Waals surface area contributed by atoms with Gasteiger partial charge in [-0.2, -0.15) is 13.2 Å². The van der Waals surface area contributed by atoms with Gasteiger partial charge in [-0.1, -0.05) is 11.8 Å². The predicted octanol–water partition coefficient (Wildman–Crippen LogP) is 4.55. The maximum absolute atomic E-state index is 12.9. The van der Waals surface area contributed by atoms with E-state index < -0.39 is 22.9 Å². The Labute approximate surface area is 186 Å². The zero-order valence-electron chi connectivity index (χ0n) is 17.2. The number of nitrogens with zero attached hydrogens (tertiary/aromatic N) is 2. The first-order chi connectivity index (χ1) is 15.0. The highest BCUT2D eigenvalue weighted by Gasteiger charge is 2.30. The summed E-state index contributed by atoms with van der Waals surface area (Å²) in [6, 6.07) is 9.28. The van der Waals surface area contributed by atoms with Crippen LogP contribution in [-0.4, -0.2) is 33.1 Å². The van der Waals surface area contributed by atoms with Crippen LogP contribution in [0.1, 0.15) is 25.0 Å². The van der Waals surface area contributed by atoms with Crippen molar-refractivity contribution in [2.75, 3.05) is 6.61 Å². The lowest BCUT2D eigenvalue weighted by Crippen LogP contribution is -2.28. The Morgan fingerprint density at radius 2 is 1.88 bits per heavy atom. The minimum Gasteiger partial charge on any atom is -0.490 e. The Bertz CT molecular complexity index is 1170. The predicted molar refractivity (Wildman–Crippen MR) is 115 cm³/mol. The van der Waals surface area contributed by atoms with Crippen molar-refractivity contribution in [2.24, 2.45) is 0 Å². The van der Waals surface area contributed by atoms with Crippen molar-refractivity contribution in [1.29, 1.82) is 5.41 Å². The summed E-state index contributed by atoms with van der Waals surface area (Å²) < 4.78 is 45.1. The molecular formula is C22H20F3N3O3S. The molecule has 10 heteroatoms. The Balaban J connectivity index is 1.88. The van der Waals surface area contributed by atoms with Crippen LogP contribution in [0.4, 0.5) is 13.2 Å². The lowest BCUT2D eigenvalue weighted by atomic mass is 10.1. The molecule has 6 nitrogen and oxygen atoms in total. The molecule has 0 amide bonds. The molecule has 168 valence electrons. The van der Waals surface area contributed by atoms with E-state index in [0.29, 0.717) is 21.9 Å². The van der Waals surface area contributed by atoms with Crippen molar-refractivity contribution in [1.82, 2.24) is 9.55 Å². The van der Waals surface area contributed by atoms with E-state index in [-0.39, 0.29) is 11.6 Å². The van der Waals surface area contributed by atoms with Gasteiger partial charge < -0.3 is 15.3 Å². The van der Waals surface area contributed by atoms with Crippen molar-refractivity contribution in [3.05, 3.63) is 76.3 Å². The molecule has 0 radical (unpaired) electrons. The highest BCUT2D eigenvalue weighted by atomic mass is 32.2. The monoisotopic (exact) mass is 463 g/mol. The first-order valence-corrected chi connectivity index (χ1v) is 10.2. The maximum Gasteiger partial charge on any atom is 0.416 e. The molecule has 0 aliphatic rings. The van der Waals surface area contributed by atoms with E-state index in [1.807, 2.05) is 0 Å². The summed E-state index contributed by atoms with van der Waals surface area (Å²) in [6.07, 6.45) is -0.486. The normalized spacial score (nSPS) is 11.9. The van der Waals surface area contributed by atoms with Crippen LogP contribution >= 0.6 is 11.8 Å². The Morgan fingerprint density at radius 3 is 2.47 bits per heavy atom. The molecule has 2 N–H and O–H groups in total. The summed E-state index contributed by atoms with van der Waals surface area (Å²) >= 11 is 0.957. The maximum atomic E-state index is 12.9. The summed E-state index contributed by atoms with van der Waals surface area (Å²) in [5.41, 5.74) is -1.41. The van der Waals surface area contributed by atoms with Crippen molar-refractivity contribution in [2.45, 2.75) is 35.5 Å². The summed E-state index contributed by atoms with van der Waals surface area (Å²) in [5, 5.41) is 17.5. The second-order valence-corrected chi connectivity index (χ2v) is 8.56. The molecule has 2 aromatic carbocycles. The molecule has 1 heterocycles. The minimum atomic E-state index is -4.43. The summed E-state index contributed by atoms with van der Waals surface area (Å²) in [6.45, 7) is 3.21. The van der Waals surface area contributed by atoms with E-state index in [0.717, 1.165) is 30.1 Å². The Hall–Kier alpha value is -3.11. The standard InChI is InChI=1S/C22H20F3N3O3S/c1-21(2,30)13-31-18-8-5-16(11-14(18)12-26)28-10-9-27-19(20(28)29)32-17-6-3-15(4-7-17)22(23,24)25/h3-12,26,30H,13H2,1-2H3. The van der Waals surface area contributed by atoms with Crippen molar-refractivity contribution >= 4 is 18.0 Å². The van der Waals surface area contributed by atoms with Gasteiger partial charge in [-0.05, 0) is 56.3 Å². The number of rotatable bonds is 7.